The van der Waals surface area contributed by atoms with E-state index in [1.807, 2.05) is 4.90 Å². The third-order valence-corrected chi connectivity index (χ3v) is 6.61. The molecule has 0 bridgehead atoms. The smallest absolute Gasteiger partial charge is 0.328 e. The molecule has 2 aromatic rings. The molecule has 1 saturated carbocycles. The molecule has 0 atom stereocenters. The lowest BCUT2D eigenvalue weighted by atomic mass is 9.95. The van der Waals surface area contributed by atoms with Crippen LogP contribution in [0.4, 0.5) is 4.79 Å². The Labute approximate surface area is 186 Å². The summed E-state index contributed by atoms with van der Waals surface area (Å²) in [4.78, 5) is 54.2. The molecule has 1 aliphatic carbocycles. The van der Waals surface area contributed by atoms with E-state index in [4.69, 9.17) is 0 Å². The number of nitrogens with one attached hydrogen (secondary N) is 3. The number of carbonyl (C=O) groups is 2. The van der Waals surface area contributed by atoms with Gasteiger partial charge in [0.05, 0.1) is 10.9 Å². The number of urea groups is 1. The minimum Gasteiger partial charge on any atom is -0.349 e. The van der Waals surface area contributed by atoms with Crippen LogP contribution in [-0.2, 0) is 6.54 Å². The summed E-state index contributed by atoms with van der Waals surface area (Å²) in [6.07, 6.45) is 7.10. The number of nitrogens with zero attached hydrogens (tertiary/aromatic N) is 2. The molecule has 3 amide bonds. The molecule has 1 aromatic heterocycles. The van der Waals surface area contributed by atoms with Gasteiger partial charge in [0.2, 0.25) is 0 Å². The lowest BCUT2D eigenvalue weighted by Gasteiger charge is -2.34. The van der Waals surface area contributed by atoms with Gasteiger partial charge in [-0.2, -0.15) is 0 Å². The molecule has 9 nitrogen and oxygen atoms in total. The van der Waals surface area contributed by atoms with Gasteiger partial charge in [-0.05, 0) is 50.8 Å². The summed E-state index contributed by atoms with van der Waals surface area (Å²) in [5.74, 6) is -0.252. The molecule has 9 heteroatoms. The number of H-pyrrole nitrogens is 1. The predicted molar refractivity (Wildman–Crippen MR) is 122 cm³/mol. The Balaban J connectivity index is 1.34. The Kier molecular flexibility index (Phi) is 6.62. The Morgan fingerprint density at radius 1 is 1.00 bits per heavy atom. The topological polar surface area (TPSA) is 116 Å². The lowest BCUT2D eigenvalue weighted by molar-refractivity contribution is 0.0917. The molecule has 0 unspecified atom stereocenters. The fourth-order valence-corrected chi connectivity index (χ4v) is 4.69. The fraction of sp³-hybridized carbons (Fsp3) is 0.565. The van der Waals surface area contributed by atoms with Gasteiger partial charge in [-0.1, -0.05) is 19.3 Å². The summed E-state index contributed by atoms with van der Waals surface area (Å²) >= 11 is 0. The van der Waals surface area contributed by atoms with Crippen molar-refractivity contribution in [3.05, 3.63) is 44.6 Å². The van der Waals surface area contributed by atoms with E-state index in [9.17, 15) is 19.2 Å². The van der Waals surface area contributed by atoms with E-state index in [0.29, 0.717) is 42.4 Å². The van der Waals surface area contributed by atoms with Crippen molar-refractivity contribution < 1.29 is 9.59 Å². The zero-order chi connectivity index (χ0) is 22.7. The molecule has 0 radical (unpaired) electrons. The number of hydrogen-bond acceptors (Lipinski definition) is 4. The van der Waals surface area contributed by atoms with Crippen LogP contribution in [0.25, 0.3) is 10.9 Å². The zero-order valence-electron chi connectivity index (χ0n) is 18.5. The van der Waals surface area contributed by atoms with Crippen LogP contribution >= 0.6 is 0 Å². The second-order valence-electron chi connectivity index (χ2n) is 8.76. The number of rotatable bonds is 4. The van der Waals surface area contributed by atoms with Gasteiger partial charge in [0, 0.05) is 37.3 Å². The van der Waals surface area contributed by atoms with Crippen LogP contribution < -0.4 is 21.9 Å². The highest BCUT2D eigenvalue weighted by molar-refractivity contribution is 5.97. The quantitative estimate of drug-likeness (QED) is 0.672. The van der Waals surface area contributed by atoms with E-state index in [0.717, 1.165) is 17.4 Å². The maximum Gasteiger partial charge on any atom is 0.328 e. The van der Waals surface area contributed by atoms with Crippen LogP contribution in [0, 0.1) is 0 Å². The maximum absolute atomic E-state index is 12.7. The van der Waals surface area contributed by atoms with E-state index in [2.05, 4.69) is 15.6 Å². The van der Waals surface area contributed by atoms with E-state index in [1.165, 1.54) is 19.3 Å². The third kappa shape index (κ3) is 4.71. The zero-order valence-corrected chi connectivity index (χ0v) is 18.5. The molecular weight excluding hydrogens is 410 g/mol. The molecule has 1 saturated heterocycles. The van der Waals surface area contributed by atoms with Gasteiger partial charge in [-0.3, -0.25) is 14.2 Å². The van der Waals surface area contributed by atoms with Crippen molar-refractivity contribution in [1.82, 2.24) is 25.1 Å². The average molecular weight is 442 g/mol. The van der Waals surface area contributed by atoms with Crippen molar-refractivity contribution in [2.24, 2.45) is 0 Å². The first kappa shape index (κ1) is 22.1. The third-order valence-electron chi connectivity index (χ3n) is 6.61. The molecule has 32 heavy (non-hydrogen) atoms. The second kappa shape index (κ2) is 9.58. The molecule has 2 fully saturated rings. The standard InChI is InChI=1S/C23H31N5O4/c1-2-28-21(30)18-9-8-15(14-19(18)26-23(28)32)20(29)24-17-10-12-27(13-11-17)22(31)25-16-6-4-3-5-7-16/h8-9,14,16-17H,2-7,10-13H2,1H3,(H,24,29)(H,25,31)(H,26,32). The van der Waals surface area contributed by atoms with Crippen LogP contribution in [0.3, 0.4) is 0 Å². The van der Waals surface area contributed by atoms with E-state index in [-0.39, 0.29) is 36.1 Å². The van der Waals surface area contributed by atoms with Gasteiger partial charge in [0.25, 0.3) is 11.5 Å². The minimum atomic E-state index is -0.485. The van der Waals surface area contributed by atoms with Crippen LogP contribution in [0.15, 0.2) is 27.8 Å². The van der Waals surface area contributed by atoms with Crippen molar-refractivity contribution in [2.75, 3.05) is 13.1 Å². The number of aromatic nitrogens is 2. The predicted octanol–water partition coefficient (Wildman–Crippen LogP) is 1.95. The molecule has 2 aliphatic rings. The highest BCUT2D eigenvalue weighted by Gasteiger charge is 2.26. The average Bonchev–Trinajstić information content (AvgIpc) is 2.80. The monoisotopic (exact) mass is 441 g/mol. The minimum absolute atomic E-state index is 0.00195. The molecule has 4 rings (SSSR count). The lowest BCUT2D eigenvalue weighted by Crippen LogP contribution is -2.51. The Hall–Kier alpha value is -3.10. The summed E-state index contributed by atoms with van der Waals surface area (Å²) in [7, 11) is 0. The number of carbonyl (C=O) groups excluding carboxylic acids is 2. The first-order valence-electron chi connectivity index (χ1n) is 11.6. The summed E-state index contributed by atoms with van der Waals surface area (Å²) in [6, 6.07) is 4.98. The Morgan fingerprint density at radius 2 is 1.69 bits per heavy atom. The number of piperidine rings is 1. The number of hydrogen-bond donors (Lipinski definition) is 3. The van der Waals surface area contributed by atoms with Crippen LogP contribution in [0.1, 0.15) is 62.2 Å². The summed E-state index contributed by atoms with van der Waals surface area (Å²) in [6.45, 7) is 3.22. The van der Waals surface area contributed by atoms with Crippen molar-refractivity contribution in [2.45, 2.75) is 70.5 Å². The number of benzene rings is 1. The molecule has 3 N–H and O–H groups in total. The molecule has 172 valence electrons. The Morgan fingerprint density at radius 3 is 2.38 bits per heavy atom. The van der Waals surface area contributed by atoms with Crippen molar-refractivity contribution >= 4 is 22.8 Å². The fourth-order valence-electron chi connectivity index (χ4n) is 4.69. The van der Waals surface area contributed by atoms with Crippen molar-refractivity contribution in [1.29, 1.82) is 0 Å². The van der Waals surface area contributed by atoms with Gasteiger partial charge < -0.3 is 20.5 Å². The SMILES string of the molecule is CCn1c(=O)[nH]c2cc(C(=O)NC3CCN(C(=O)NC4CCCCC4)CC3)ccc2c1=O. The molecule has 1 aromatic carbocycles. The number of aromatic amines is 1. The van der Waals surface area contributed by atoms with Gasteiger partial charge in [0.1, 0.15) is 0 Å². The normalized spacial score (nSPS) is 18.0. The van der Waals surface area contributed by atoms with Crippen molar-refractivity contribution in [3.63, 3.8) is 0 Å². The van der Waals surface area contributed by atoms with Gasteiger partial charge >= 0.3 is 11.7 Å². The summed E-state index contributed by atoms with van der Waals surface area (Å²) < 4.78 is 1.13. The summed E-state index contributed by atoms with van der Waals surface area (Å²) in [5, 5.41) is 6.54. The molecule has 2 heterocycles. The molecular formula is C23H31N5O4. The molecule has 0 spiro atoms. The first-order valence-corrected chi connectivity index (χ1v) is 11.6. The number of likely N-dealkylation sites (tertiary alicyclic amines) is 1. The highest BCUT2D eigenvalue weighted by atomic mass is 16.2. The van der Waals surface area contributed by atoms with Crippen LogP contribution in [0.2, 0.25) is 0 Å². The Bertz CT molecular complexity index is 1110. The molecule has 1 aliphatic heterocycles. The van der Waals surface area contributed by atoms with E-state index < -0.39 is 5.69 Å². The highest BCUT2D eigenvalue weighted by Crippen LogP contribution is 2.18. The van der Waals surface area contributed by atoms with Gasteiger partial charge in [-0.25, -0.2) is 9.59 Å². The van der Waals surface area contributed by atoms with Gasteiger partial charge in [-0.15, -0.1) is 0 Å². The summed E-state index contributed by atoms with van der Waals surface area (Å²) in [5.41, 5.74) is -0.107. The maximum atomic E-state index is 12.7. The number of amides is 3. The first-order chi connectivity index (χ1) is 15.5. The van der Waals surface area contributed by atoms with Crippen LogP contribution in [-0.4, -0.2) is 51.6 Å². The van der Waals surface area contributed by atoms with Crippen molar-refractivity contribution in [3.8, 4) is 0 Å². The van der Waals surface area contributed by atoms with Gasteiger partial charge in [0.15, 0.2) is 0 Å². The second-order valence-corrected chi connectivity index (χ2v) is 8.76. The van der Waals surface area contributed by atoms with Crippen LogP contribution in [0.5, 0.6) is 0 Å². The number of fused-ring (bicyclic) bond motifs is 1. The van der Waals surface area contributed by atoms with E-state index in [1.54, 1.807) is 25.1 Å². The van der Waals surface area contributed by atoms with E-state index >= 15 is 0 Å². The largest absolute Gasteiger partial charge is 0.349 e.